The molecule has 27 heavy (non-hydrogen) atoms. The SMILES string of the molecule is CC[C@H](C)[C@@H](NC(=O)OC(C)(C)C)c1nnc(SCc2cccc(F)c2)o1. The Morgan fingerprint density at radius 2 is 2.11 bits per heavy atom. The van der Waals surface area contributed by atoms with Crippen molar-refractivity contribution in [1.82, 2.24) is 15.5 Å². The van der Waals surface area contributed by atoms with Crippen molar-refractivity contribution in [3.05, 3.63) is 41.5 Å². The molecular formula is C19H26FN3O3S. The van der Waals surface area contributed by atoms with Gasteiger partial charge < -0.3 is 14.5 Å². The highest BCUT2D eigenvalue weighted by atomic mass is 32.2. The highest BCUT2D eigenvalue weighted by molar-refractivity contribution is 7.98. The minimum atomic E-state index is -0.592. The van der Waals surface area contributed by atoms with Crippen molar-refractivity contribution in [2.75, 3.05) is 0 Å². The van der Waals surface area contributed by atoms with Gasteiger partial charge >= 0.3 is 6.09 Å². The van der Waals surface area contributed by atoms with Gasteiger partial charge in [-0.15, -0.1) is 10.2 Å². The Hall–Kier alpha value is -2.09. The van der Waals surface area contributed by atoms with Crippen molar-refractivity contribution < 1.29 is 18.3 Å². The Labute approximate surface area is 163 Å². The fourth-order valence-electron chi connectivity index (χ4n) is 2.29. The van der Waals surface area contributed by atoms with E-state index >= 15 is 0 Å². The summed E-state index contributed by atoms with van der Waals surface area (Å²) in [7, 11) is 0. The predicted octanol–water partition coefficient (Wildman–Crippen LogP) is 5.11. The third-order valence-corrected chi connectivity index (χ3v) is 4.71. The molecule has 0 aliphatic heterocycles. The minimum absolute atomic E-state index is 0.0824. The summed E-state index contributed by atoms with van der Waals surface area (Å²) in [5.41, 5.74) is 0.232. The van der Waals surface area contributed by atoms with Crippen LogP contribution in [0.2, 0.25) is 0 Å². The summed E-state index contributed by atoms with van der Waals surface area (Å²) in [4.78, 5) is 12.1. The number of benzene rings is 1. The van der Waals surface area contributed by atoms with Crippen molar-refractivity contribution in [2.45, 2.75) is 63.7 Å². The Bertz CT molecular complexity index is 761. The van der Waals surface area contributed by atoms with E-state index in [2.05, 4.69) is 15.5 Å². The smallest absolute Gasteiger partial charge is 0.408 e. The number of halogens is 1. The van der Waals surface area contributed by atoms with E-state index < -0.39 is 17.7 Å². The van der Waals surface area contributed by atoms with Gasteiger partial charge in [0.25, 0.3) is 5.22 Å². The van der Waals surface area contributed by atoms with Crippen LogP contribution in [-0.4, -0.2) is 21.9 Å². The first-order valence-corrected chi connectivity index (χ1v) is 9.86. The maximum atomic E-state index is 13.3. The summed E-state index contributed by atoms with van der Waals surface area (Å²) in [6.45, 7) is 9.42. The molecule has 0 saturated carbocycles. The molecule has 0 fully saturated rings. The molecule has 1 amide bonds. The maximum Gasteiger partial charge on any atom is 0.408 e. The van der Waals surface area contributed by atoms with Crippen LogP contribution in [-0.2, 0) is 10.5 Å². The first-order valence-electron chi connectivity index (χ1n) is 8.88. The van der Waals surface area contributed by atoms with Gasteiger partial charge in [-0.1, -0.05) is 44.2 Å². The second-order valence-electron chi connectivity index (χ2n) is 7.33. The monoisotopic (exact) mass is 395 g/mol. The summed E-state index contributed by atoms with van der Waals surface area (Å²) in [6.07, 6.45) is 0.286. The molecule has 1 aromatic heterocycles. The number of nitrogens with one attached hydrogen (secondary N) is 1. The number of aromatic nitrogens is 2. The van der Waals surface area contributed by atoms with Crippen molar-refractivity contribution in [3.63, 3.8) is 0 Å². The Kier molecular flexibility index (Phi) is 7.24. The lowest BCUT2D eigenvalue weighted by Crippen LogP contribution is -2.37. The molecule has 2 atom stereocenters. The number of carbonyl (C=O) groups excluding carboxylic acids is 1. The van der Waals surface area contributed by atoms with Gasteiger partial charge in [0.05, 0.1) is 0 Å². The molecular weight excluding hydrogens is 369 g/mol. The van der Waals surface area contributed by atoms with Crippen LogP contribution in [0.25, 0.3) is 0 Å². The molecule has 0 aliphatic carbocycles. The molecule has 2 rings (SSSR count). The molecule has 0 aliphatic rings. The summed E-state index contributed by atoms with van der Waals surface area (Å²) >= 11 is 1.32. The number of nitrogens with zero attached hydrogens (tertiary/aromatic N) is 2. The second-order valence-corrected chi connectivity index (χ2v) is 8.26. The van der Waals surface area contributed by atoms with Crippen LogP contribution < -0.4 is 5.32 Å². The largest absolute Gasteiger partial charge is 0.444 e. The third-order valence-electron chi connectivity index (χ3n) is 3.82. The van der Waals surface area contributed by atoms with Crippen molar-refractivity contribution >= 4 is 17.9 Å². The highest BCUT2D eigenvalue weighted by Crippen LogP contribution is 2.28. The molecule has 8 heteroatoms. The molecule has 0 spiro atoms. The number of hydrogen-bond donors (Lipinski definition) is 1. The number of hydrogen-bond acceptors (Lipinski definition) is 6. The maximum absolute atomic E-state index is 13.3. The van der Waals surface area contributed by atoms with E-state index in [4.69, 9.17) is 9.15 Å². The number of carbonyl (C=O) groups is 1. The van der Waals surface area contributed by atoms with Crippen molar-refractivity contribution in [2.24, 2.45) is 5.92 Å². The minimum Gasteiger partial charge on any atom is -0.444 e. The molecule has 6 nitrogen and oxygen atoms in total. The average molecular weight is 396 g/mol. The summed E-state index contributed by atoms with van der Waals surface area (Å²) in [5.74, 6) is 0.640. The Balaban J connectivity index is 2.05. The molecule has 0 saturated heterocycles. The van der Waals surface area contributed by atoms with Gasteiger partial charge in [0.1, 0.15) is 17.5 Å². The fourth-order valence-corrected chi connectivity index (χ4v) is 3.01. The van der Waals surface area contributed by atoms with E-state index in [1.54, 1.807) is 26.8 Å². The zero-order valence-electron chi connectivity index (χ0n) is 16.3. The summed E-state index contributed by atoms with van der Waals surface area (Å²) in [6, 6.07) is 5.92. The molecule has 0 unspecified atom stereocenters. The Morgan fingerprint density at radius 3 is 2.74 bits per heavy atom. The van der Waals surface area contributed by atoms with Crippen LogP contribution in [0.15, 0.2) is 33.9 Å². The molecule has 1 N–H and O–H groups in total. The summed E-state index contributed by atoms with van der Waals surface area (Å²) < 4.78 is 24.3. The zero-order valence-corrected chi connectivity index (χ0v) is 17.1. The fraction of sp³-hybridized carbons (Fsp3) is 0.526. The number of ether oxygens (including phenoxy) is 1. The van der Waals surface area contributed by atoms with Gasteiger partial charge in [-0.05, 0) is 44.4 Å². The lowest BCUT2D eigenvalue weighted by atomic mass is 9.99. The van der Waals surface area contributed by atoms with Crippen LogP contribution in [0.1, 0.15) is 58.5 Å². The van der Waals surface area contributed by atoms with Crippen LogP contribution in [0.4, 0.5) is 9.18 Å². The average Bonchev–Trinajstić information content (AvgIpc) is 3.04. The van der Waals surface area contributed by atoms with Crippen molar-refractivity contribution in [3.8, 4) is 0 Å². The third kappa shape index (κ3) is 6.86. The number of alkyl carbamates (subject to hydrolysis) is 1. The molecule has 1 aromatic carbocycles. The molecule has 148 valence electrons. The van der Waals surface area contributed by atoms with Crippen LogP contribution in [0.5, 0.6) is 0 Å². The first kappa shape index (κ1) is 21.2. The van der Waals surface area contributed by atoms with Gasteiger partial charge in [-0.25, -0.2) is 9.18 Å². The molecule has 0 bridgehead atoms. The van der Waals surface area contributed by atoms with E-state index in [0.717, 1.165) is 12.0 Å². The molecule has 2 aromatic rings. The zero-order chi connectivity index (χ0) is 20.0. The van der Waals surface area contributed by atoms with Gasteiger partial charge in [0.2, 0.25) is 5.89 Å². The van der Waals surface area contributed by atoms with Gasteiger partial charge in [-0.2, -0.15) is 0 Å². The van der Waals surface area contributed by atoms with Gasteiger partial charge in [0, 0.05) is 5.75 Å². The summed E-state index contributed by atoms with van der Waals surface area (Å²) in [5, 5.41) is 11.3. The topological polar surface area (TPSA) is 77.2 Å². The molecule has 0 radical (unpaired) electrons. The van der Waals surface area contributed by atoms with E-state index in [0.29, 0.717) is 16.9 Å². The number of rotatable bonds is 7. The highest BCUT2D eigenvalue weighted by Gasteiger charge is 2.28. The van der Waals surface area contributed by atoms with Crippen LogP contribution in [0.3, 0.4) is 0 Å². The lowest BCUT2D eigenvalue weighted by Gasteiger charge is -2.24. The Morgan fingerprint density at radius 1 is 1.37 bits per heavy atom. The van der Waals surface area contributed by atoms with E-state index in [1.165, 1.54) is 23.9 Å². The quantitative estimate of drug-likeness (QED) is 0.656. The standard InChI is InChI=1S/C19H26FN3O3S/c1-6-12(2)15(21-17(24)26-19(3,4)5)16-22-23-18(25-16)27-11-13-8-7-9-14(20)10-13/h7-10,12,15H,6,11H2,1-5H3,(H,21,24)/t12-,15+/m0/s1. The van der Waals surface area contributed by atoms with Gasteiger partial charge in [-0.3, -0.25) is 0 Å². The lowest BCUT2D eigenvalue weighted by molar-refractivity contribution is 0.0473. The van der Waals surface area contributed by atoms with E-state index in [9.17, 15) is 9.18 Å². The van der Waals surface area contributed by atoms with E-state index in [-0.39, 0.29) is 11.7 Å². The van der Waals surface area contributed by atoms with Gasteiger partial charge in [0.15, 0.2) is 0 Å². The molecule has 1 heterocycles. The predicted molar refractivity (Wildman–Crippen MR) is 102 cm³/mol. The first-order chi connectivity index (χ1) is 12.7. The number of thioether (sulfide) groups is 1. The number of amides is 1. The normalized spacial score (nSPS) is 13.9. The van der Waals surface area contributed by atoms with Crippen LogP contribution >= 0.6 is 11.8 Å². The van der Waals surface area contributed by atoms with Crippen LogP contribution in [0, 0.1) is 11.7 Å². The van der Waals surface area contributed by atoms with Crippen molar-refractivity contribution in [1.29, 1.82) is 0 Å². The van der Waals surface area contributed by atoms with E-state index in [1.807, 2.05) is 19.9 Å². The second kappa shape index (κ2) is 9.21.